The quantitative estimate of drug-likeness (QED) is 0.858. The predicted octanol–water partition coefficient (Wildman–Crippen LogP) is 2.73. The Hall–Kier alpha value is -0.0700. The van der Waals surface area contributed by atoms with E-state index in [1.165, 1.54) is 16.7 Å². The molecule has 1 atom stereocenters. The van der Waals surface area contributed by atoms with Crippen LogP contribution in [0, 0.1) is 0 Å². The summed E-state index contributed by atoms with van der Waals surface area (Å²) in [6, 6.07) is 0. The van der Waals surface area contributed by atoms with Gasteiger partial charge in [-0.25, -0.2) is 4.98 Å². The minimum absolute atomic E-state index is 0.0173. The molecule has 1 unspecified atom stereocenters. The Bertz CT molecular complexity index is 286. The van der Waals surface area contributed by atoms with Gasteiger partial charge in [0.1, 0.15) is 0 Å². The maximum Gasteiger partial charge on any atom is 0.332 e. The van der Waals surface area contributed by atoms with Gasteiger partial charge in [0.2, 0.25) is 0 Å². The number of thiazole rings is 1. The molecule has 2 nitrogen and oxygen atoms in total. The summed E-state index contributed by atoms with van der Waals surface area (Å²) >= 11 is 3.36. The number of rotatable bonds is 3. The van der Waals surface area contributed by atoms with E-state index in [9.17, 15) is 8.78 Å². The van der Waals surface area contributed by atoms with Crippen LogP contribution >= 0.6 is 27.3 Å². The molecule has 1 heterocycles. The second kappa shape index (κ2) is 3.98. The number of aliphatic hydroxyl groups excluding tert-OH is 1. The number of hydrogen-bond acceptors (Lipinski definition) is 3. The summed E-state index contributed by atoms with van der Waals surface area (Å²) in [5.74, 6) is 0. The van der Waals surface area contributed by atoms with E-state index in [1.54, 1.807) is 0 Å². The summed E-state index contributed by atoms with van der Waals surface area (Å²) < 4.78 is 25.1. The lowest BCUT2D eigenvalue weighted by molar-refractivity contribution is -0.0314. The fourth-order valence-corrected chi connectivity index (χ4v) is 1.78. The van der Waals surface area contributed by atoms with E-state index in [1.807, 2.05) is 6.92 Å². The van der Waals surface area contributed by atoms with Crippen LogP contribution in [0.3, 0.4) is 0 Å². The first-order valence-corrected chi connectivity index (χ1v) is 5.31. The number of halogens is 3. The van der Waals surface area contributed by atoms with Crippen molar-refractivity contribution in [1.29, 1.82) is 0 Å². The van der Waals surface area contributed by atoms with E-state index >= 15 is 0 Å². The topological polar surface area (TPSA) is 33.1 Å². The normalized spacial score (nSPS) is 14.5. The highest BCUT2D eigenvalue weighted by molar-refractivity contribution is 9.10. The van der Waals surface area contributed by atoms with Crippen LogP contribution in [0.1, 0.15) is 23.7 Å². The molecule has 1 N–H and O–H groups in total. The zero-order chi connectivity index (χ0) is 10.1. The summed E-state index contributed by atoms with van der Waals surface area (Å²) in [5, 5.41) is 11.3. The Kier molecular flexibility index (Phi) is 3.37. The maximum absolute atomic E-state index is 12.5. The molecule has 6 heteroatoms. The summed E-state index contributed by atoms with van der Waals surface area (Å²) in [5.41, 5.74) is 0.0173. The molecular formula is C7H8BrF2NOS. The van der Waals surface area contributed by atoms with Gasteiger partial charge in [0.05, 0.1) is 10.7 Å². The Morgan fingerprint density at radius 1 is 1.77 bits per heavy atom. The van der Waals surface area contributed by atoms with Gasteiger partial charge in [-0.3, -0.25) is 0 Å². The fraction of sp³-hybridized carbons (Fsp3) is 0.571. The van der Waals surface area contributed by atoms with Crippen molar-refractivity contribution in [1.82, 2.24) is 4.98 Å². The van der Waals surface area contributed by atoms with Crippen molar-refractivity contribution in [2.75, 3.05) is 0 Å². The molecule has 0 aliphatic rings. The van der Waals surface area contributed by atoms with Crippen LogP contribution in [-0.2, 0) is 6.42 Å². The molecule has 1 aromatic heterocycles. The first-order chi connectivity index (χ1) is 5.95. The standard InChI is InChI=1S/C7H8BrF2NOS/c1-2-5-11-4(3-13-5)6(12)7(8,9)10/h3,6,12H,2H2,1H3. The molecule has 1 aromatic rings. The van der Waals surface area contributed by atoms with Gasteiger partial charge in [0.25, 0.3) is 0 Å². The lowest BCUT2D eigenvalue weighted by Gasteiger charge is -2.13. The van der Waals surface area contributed by atoms with Gasteiger partial charge in [0, 0.05) is 5.38 Å². The van der Waals surface area contributed by atoms with E-state index in [-0.39, 0.29) is 5.69 Å². The van der Waals surface area contributed by atoms with Crippen LogP contribution in [0.2, 0.25) is 0 Å². The second-order valence-corrected chi connectivity index (χ2v) is 4.46. The highest BCUT2D eigenvalue weighted by Crippen LogP contribution is 2.36. The Balaban J connectivity index is 2.83. The Labute approximate surface area is 86.7 Å². The molecule has 1 rings (SSSR count). The lowest BCUT2D eigenvalue weighted by atomic mass is 10.3. The first kappa shape index (κ1) is 11.0. The van der Waals surface area contributed by atoms with E-state index in [4.69, 9.17) is 5.11 Å². The SMILES string of the molecule is CCc1nc(C(O)C(F)(F)Br)cs1. The molecule has 0 saturated heterocycles. The second-order valence-electron chi connectivity index (χ2n) is 2.46. The van der Waals surface area contributed by atoms with E-state index < -0.39 is 10.9 Å². The van der Waals surface area contributed by atoms with Crippen LogP contribution in [0.25, 0.3) is 0 Å². The molecule has 0 aromatic carbocycles. The molecule has 0 aliphatic carbocycles. The Morgan fingerprint density at radius 2 is 2.38 bits per heavy atom. The molecule has 0 radical (unpaired) electrons. The summed E-state index contributed by atoms with van der Waals surface area (Å²) in [7, 11) is 0. The minimum atomic E-state index is -3.31. The number of alkyl halides is 3. The van der Waals surface area contributed by atoms with Gasteiger partial charge in [-0.05, 0) is 22.4 Å². The molecule has 0 fully saturated rings. The van der Waals surface area contributed by atoms with Crippen molar-refractivity contribution in [2.45, 2.75) is 24.3 Å². The summed E-state index contributed by atoms with van der Waals surface area (Å²) in [4.78, 5) is 0.540. The molecule has 0 spiro atoms. The van der Waals surface area contributed by atoms with Gasteiger partial charge >= 0.3 is 4.83 Å². The highest BCUT2D eigenvalue weighted by atomic mass is 79.9. The monoisotopic (exact) mass is 271 g/mol. The third kappa shape index (κ3) is 2.69. The van der Waals surface area contributed by atoms with Crippen LogP contribution in [0.4, 0.5) is 8.78 Å². The van der Waals surface area contributed by atoms with Gasteiger partial charge in [-0.1, -0.05) is 6.92 Å². The van der Waals surface area contributed by atoms with Crippen molar-refractivity contribution < 1.29 is 13.9 Å². The van der Waals surface area contributed by atoms with Crippen LogP contribution < -0.4 is 0 Å². The molecule has 0 amide bonds. The molecule has 74 valence electrons. The van der Waals surface area contributed by atoms with E-state index in [0.717, 1.165) is 5.01 Å². The Morgan fingerprint density at radius 3 is 2.77 bits per heavy atom. The smallest absolute Gasteiger partial charge is 0.332 e. The van der Waals surface area contributed by atoms with Crippen molar-refractivity contribution in [3.63, 3.8) is 0 Å². The van der Waals surface area contributed by atoms with Crippen LogP contribution in [0.5, 0.6) is 0 Å². The molecule has 0 saturated carbocycles. The number of aryl methyl sites for hydroxylation is 1. The van der Waals surface area contributed by atoms with Gasteiger partial charge < -0.3 is 5.11 Å². The minimum Gasteiger partial charge on any atom is -0.380 e. The van der Waals surface area contributed by atoms with Crippen LogP contribution in [0.15, 0.2) is 5.38 Å². The third-order valence-electron chi connectivity index (χ3n) is 1.46. The van der Waals surface area contributed by atoms with Crippen LogP contribution in [-0.4, -0.2) is 14.9 Å². The van der Waals surface area contributed by atoms with Crippen molar-refractivity contribution in [3.8, 4) is 0 Å². The zero-order valence-electron chi connectivity index (χ0n) is 6.80. The van der Waals surface area contributed by atoms with E-state index in [0.29, 0.717) is 6.42 Å². The number of aromatic nitrogens is 1. The summed E-state index contributed by atoms with van der Waals surface area (Å²) in [6.07, 6.45) is -1.19. The average Bonchev–Trinajstić information content (AvgIpc) is 2.48. The zero-order valence-corrected chi connectivity index (χ0v) is 9.20. The number of aliphatic hydroxyl groups is 1. The van der Waals surface area contributed by atoms with Gasteiger partial charge in [-0.2, -0.15) is 8.78 Å². The molecule has 0 aliphatic heterocycles. The lowest BCUT2D eigenvalue weighted by Crippen LogP contribution is -2.18. The van der Waals surface area contributed by atoms with Crippen molar-refractivity contribution in [2.24, 2.45) is 0 Å². The third-order valence-corrected chi connectivity index (χ3v) is 2.91. The van der Waals surface area contributed by atoms with Gasteiger partial charge in [0.15, 0.2) is 6.10 Å². The molecule has 13 heavy (non-hydrogen) atoms. The maximum atomic E-state index is 12.5. The predicted molar refractivity (Wildman–Crippen MR) is 50.3 cm³/mol. The average molecular weight is 272 g/mol. The first-order valence-electron chi connectivity index (χ1n) is 3.64. The van der Waals surface area contributed by atoms with E-state index in [2.05, 4.69) is 20.9 Å². The molecular weight excluding hydrogens is 264 g/mol. The van der Waals surface area contributed by atoms with Crippen molar-refractivity contribution in [3.05, 3.63) is 16.1 Å². The number of nitrogens with zero attached hydrogens (tertiary/aromatic N) is 1. The largest absolute Gasteiger partial charge is 0.380 e. The molecule has 0 bridgehead atoms. The number of hydrogen-bond donors (Lipinski definition) is 1. The highest BCUT2D eigenvalue weighted by Gasteiger charge is 2.37. The van der Waals surface area contributed by atoms with Gasteiger partial charge in [-0.15, -0.1) is 11.3 Å². The fourth-order valence-electron chi connectivity index (χ4n) is 0.781. The van der Waals surface area contributed by atoms with Crippen molar-refractivity contribution >= 4 is 27.3 Å². The summed E-state index contributed by atoms with van der Waals surface area (Å²) in [6.45, 7) is 1.88.